The van der Waals surface area contributed by atoms with Crippen molar-refractivity contribution in [1.29, 1.82) is 0 Å². The largest absolute Gasteiger partial charge is 0.497 e. The summed E-state index contributed by atoms with van der Waals surface area (Å²) in [5, 5.41) is 0. The summed E-state index contributed by atoms with van der Waals surface area (Å²) in [4.78, 5) is 0. The summed E-state index contributed by atoms with van der Waals surface area (Å²) < 4.78 is 16.2. The van der Waals surface area contributed by atoms with Crippen molar-refractivity contribution in [3.05, 3.63) is 42.0 Å². The maximum absolute atomic E-state index is 5.66. The molecule has 0 fully saturated rings. The highest BCUT2D eigenvalue weighted by Gasteiger charge is 2.05. The van der Waals surface area contributed by atoms with E-state index >= 15 is 0 Å². The molecule has 0 saturated heterocycles. The van der Waals surface area contributed by atoms with E-state index in [1.807, 2.05) is 36.4 Å². The molecule has 0 aromatic heterocycles. The lowest BCUT2D eigenvalue weighted by Gasteiger charge is -2.13. The van der Waals surface area contributed by atoms with E-state index in [0.717, 1.165) is 24.2 Å². The van der Waals surface area contributed by atoms with Crippen LogP contribution in [0.4, 0.5) is 0 Å². The summed E-state index contributed by atoms with van der Waals surface area (Å²) in [7, 11) is 3.39. The van der Waals surface area contributed by atoms with Gasteiger partial charge in [-0.3, -0.25) is 0 Å². The summed E-state index contributed by atoms with van der Waals surface area (Å²) in [6.45, 7) is 1.29. The van der Waals surface area contributed by atoms with Crippen LogP contribution >= 0.6 is 11.6 Å². The SMILES string of the molecule is COc1ccc(COCC[C@@H](C/C=C/CCl)OC)cc1. The Hall–Kier alpha value is -1.03. The molecule has 0 saturated carbocycles. The molecule has 0 N–H and O–H groups in total. The topological polar surface area (TPSA) is 27.7 Å². The first-order valence-corrected chi connectivity index (χ1v) is 7.28. The fourth-order valence-electron chi connectivity index (χ4n) is 1.77. The van der Waals surface area contributed by atoms with Gasteiger partial charge in [-0.2, -0.15) is 0 Å². The van der Waals surface area contributed by atoms with Crippen molar-refractivity contribution >= 4 is 11.6 Å². The van der Waals surface area contributed by atoms with Crippen LogP contribution in [-0.4, -0.2) is 32.8 Å². The second kappa shape index (κ2) is 10.7. The Morgan fingerprint density at radius 2 is 1.90 bits per heavy atom. The number of allylic oxidation sites excluding steroid dienone is 1. The number of halogens is 1. The summed E-state index contributed by atoms with van der Waals surface area (Å²) in [5.41, 5.74) is 1.14. The minimum absolute atomic E-state index is 0.185. The fraction of sp³-hybridized carbons (Fsp3) is 0.500. The number of rotatable bonds is 10. The van der Waals surface area contributed by atoms with Crippen LogP contribution in [0.2, 0.25) is 0 Å². The molecule has 1 rings (SSSR count). The van der Waals surface area contributed by atoms with Gasteiger partial charge in [0.25, 0.3) is 0 Å². The third-order valence-corrected chi connectivity index (χ3v) is 3.18. The second-order valence-electron chi connectivity index (χ2n) is 4.41. The third kappa shape index (κ3) is 6.94. The van der Waals surface area contributed by atoms with Crippen molar-refractivity contribution in [3.63, 3.8) is 0 Å². The Labute approximate surface area is 126 Å². The third-order valence-electron chi connectivity index (χ3n) is 3.00. The van der Waals surface area contributed by atoms with Crippen LogP contribution < -0.4 is 4.74 Å². The lowest BCUT2D eigenvalue weighted by atomic mass is 10.2. The van der Waals surface area contributed by atoms with Crippen LogP contribution in [-0.2, 0) is 16.1 Å². The number of hydrogen-bond donors (Lipinski definition) is 0. The van der Waals surface area contributed by atoms with E-state index in [1.54, 1.807) is 14.2 Å². The van der Waals surface area contributed by atoms with E-state index in [1.165, 1.54) is 0 Å². The predicted octanol–water partition coefficient (Wildman–Crippen LogP) is 3.80. The molecule has 0 unspecified atom stereocenters. The first-order valence-electron chi connectivity index (χ1n) is 6.74. The lowest BCUT2D eigenvalue weighted by Crippen LogP contribution is -2.12. The minimum atomic E-state index is 0.185. The molecule has 112 valence electrons. The van der Waals surface area contributed by atoms with Crippen LogP contribution in [0.1, 0.15) is 18.4 Å². The van der Waals surface area contributed by atoms with Gasteiger partial charge >= 0.3 is 0 Å². The normalized spacial score (nSPS) is 12.8. The van der Waals surface area contributed by atoms with Crippen LogP contribution in [0, 0.1) is 0 Å². The highest BCUT2D eigenvalue weighted by molar-refractivity contribution is 6.18. The van der Waals surface area contributed by atoms with E-state index in [9.17, 15) is 0 Å². The van der Waals surface area contributed by atoms with Gasteiger partial charge in [0.15, 0.2) is 0 Å². The van der Waals surface area contributed by atoms with Crippen LogP contribution in [0.25, 0.3) is 0 Å². The van der Waals surface area contributed by atoms with Gasteiger partial charge in [-0.05, 0) is 30.5 Å². The van der Waals surface area contributed by atoms with Gasteiger partial charge in [0.05, 0.1) is 19.8 Å². The van der Waals surface area contributed by atoms with Crippen molar-refractivity contribution < 1.29 is 14.2 Å². The number of ether oxygens (including phenoxy) is 3. The van der Waals surface area contributed by atoms with E-state index in [4.69, 9.17) is 25.8 Å². The molecule has 0 spiro atoms. The zero-order chi connectivity index (χ0) is 14.6. The zero-order valence-electron chi connectivity index (χ0n) is 12.2. The van der Waals surface area contributed by atoms with Crippen LogP contribution in [0.3, 0.4) is 0 Å². The molecule has 3 nitrogen and oxygen atoms in total. The van der Waals surface area contributed by atoms with Gasteiger partial charge < -0.3 is 14.2 Å². The molecular formula is C16H23ClO3. The second-order valence-corrected chi connectivity index (χ2v) is 4.72. The van der Waals surface area contributed by atoms with Gasteiger partial charge in [0, 0.05) is 19.6 Å². The Balaban J connectivity index is 2.20. The molecule has 0 aliphatic carbocycles. The molecule has 0 radical (unpaired) electrons. The van der Waals surface area contributed by atoms with Crippen LogP contribution in [0.15, 0.2) is 36.4 Å². The summed E-state index contributed by atoms with van der Waals surface area (Å²) in [6.07, 6.45) is 5.91. The summed E-state index contributed by atoms with van der Waals surface area (Å²) >= 11 is 5.58. The number of alkyl halides is 1. The van der Waals surface area contributed by atoms with Gasteiger partial charge in [-0.1, -0.05) is 24.3 Å². The molecule has 4 heteroatoms. The Morgan fingerprint density at radius 3 is 2.50 bits per heavy atom. The Bertz CT molecular complexity index is 376. The number of hydrogen-bond acceptors (Lipinski definition) is 3. The number of benzene rings is 1. The van der Waals surface area contributed by atoms with Gasteiger partial charge in [-0.15, -0.1) is 11.6 Å². The average Bonchev–Trinajstić information content (AvgIpc) is 2.50. The molecule has 1 atom stereocenters. The monoisotopic (exact) mass is 298 g/mol. The molecule has 0 bridgehead atoms. The molecule has 0 aliphatic rings. The van der Waals surface area contributed by atoms with Crippen molar-refractivity contribution in [1.82, 2.24) is 0 Å². The van der Waals surface area contributed by atoms with Gasteiger partial charge in [0.1, 0.15) is 5.75 Å². The molecule has 0 heterocycles. The minimum Gasteiger partial charge on any atom is -0.497 e. The molecular weight excluding hydrogens is 276 g/mol. The summed E-state index contributed by atoms with van der Waals surface area (Å²) in [5.74, 6) is 1.41. The maximum Gasteiger partial charge on any atom is 0.118 e. The summed E-state index contributed by atoms with van der Waals surface area (Å²) in [6, 6.07) is 7.90. The standard InChI is InChI=1S/C16H23ClO3/c1-18-15(5-3-4-11-17)10-12-20-13-14-6-8-16(19-2)9-7-14/h3-4,6-9,15H,5,10-13H2,1-2H3/b4-3+/t15-/m1/s1. The molecule has 1 aromatic rings. The van der Waals surface area contributed by atoms with Gasteiger partial charge in [-0.25, -0.2) is 0 Å². The molecule has 0 amide bonds. The first kappa shape index (κ1) is 17.0. The highest BCUT2D eigenvalue weighted by atomic mass is 35.5. The molecule has 20 heavy (non-hydrogen) atoms. The van der Waals surface area contributed by atoms with Gasteiger partial charge in [0.2, 0.25) is 0 Å². The fourth-order valence-corrected chi connectivity index (χ4v) is 1.90. The van der Waals surface area contributed by atoms with E-state index in [-0.39, 0.29) is 6.10 Å². The van der Waals surface area contributed by atoms with Crippen LogP contribution in [0.5, 0.6) is 5.75 Å². The number of methoxy groups -OCH3 is 2. The van der Waals surface area contributed by atoms with Crippen molar-refractivity contribution in [2.24, 2.45) is 0 Å². The Kier molecular flexibility index (Phi) is 9.13. The van der Waals surface area contributed by atoms with E-state index in [0.29, 0.717) is 19.1 Å². The highest BCUT2D eigenvalue weighted by Crippen LogP contribution is 2.12. The quantitative estimate of drug-likeness (QED) is 0.373. The predicted molar refractivity (Wildman–Crippen MR) is 82.5 cm³/mol. The Morgan fingerprint density at radius 1 is 1.15 bits per heavy atom. The van der Waals surface area contributed by atoms with Crippen molar-refractivity contribution in [2.45, 2.75) is 25.6 Å². The van der Waals surface area contributed by atoms with Crippen molar-refractivity contribution in [3.8, 4) is 5.75 Å². The molecule has 1 aromatic carbocycles. The average molecular weight is 299 g/mol. The smallest absolute Gasteiger partial charge is 0.118 e. The van der Waals surface area contributed by atoms with E-state index < -0.39 is 0 Å². The maximum atomic E-state index is 5.66. The zero-order valence-corrected chi connectivity index (χ0v) is 12.9. The lowest BCUT2D eigenvalue weighted by molar-refractivity contribution is 0.0481. The van der Waals surface area contributed by atoms with Crippen molar-refractivity contribution in [2.75, 3.05) is 26.7 Å². The first-order chi connectivity index (χ1) is 9.80. The molecule has 0 aliphatic heterocycles. The van der Waals surface area contributed by atoms with E-state index in [2.05, 4.69) is 0 Å².